The van der Waals surface area contributed by atoms with Crippen molar-refractivity contribution in [3.05, 3.63) is 76.5 Å². The van der Waals surface area contributed by atoms with Gasteiger partial charge in [0, 0.05) is 25.7 Å². The quantitative estimate of drug-likeness (QED) is 0.654. The summed E-state index contributed by atoms with van der Waals surface area (Å²) in [7, 11) is 1.61. The van der Waals surface area contributed by atoms with Gasteiger partial charge in [0.05, 0.1) is 6.54 Å². The number of amides is 2. The molecule has 1 heterocycles. The number of carbonyl (C=O) groups is 1. The molecule has 0 atom stereocenters. The topological polar surface area (TPSA) is 81.0 Å². The summed E-state index contributed by atoms with van der Waals surface area (Å²) >= 11 is 0. The van der Waals surface area contributed by atoms with E-state index in [-0.39, 0.29) is 30.6 Å². The molecular formula is C20H22FN5O2. The highest BCUT2D eigenvalue weighted by Gasteiger charge is 2.12. The SMILES string of the molecule is Cn1c(-c2ccc(F)cc2)nn(CCNC(=O)NCCc2ccccc2)c1=O. The molecule has 0 bridgehead atoms. The molecule has 2 aromatic carbocycles. The molecule has 1 aromatic heterocycles. The second-order valence-electron chi connectivity index (χ2n) is 6.31. The van der Waals surface area contributed by atoms with Gasteiger partial charge in [0.2, 0.25) is 0 Å². The van der Waals surface area contributed by atoms with Gasteiger partial charge in [-0.2, -0.15) is 0 Å². The van der Waals surface area contributed by atoms with Gasteiger partial charge in [-0.05, 0) is 36.2 Å². The van der Waals surface area contributed by atoms with Gasteiger partial charge in [0.15, 0.2) is 5.82 Å². The Balaban J connectivity index is 1.49. The molecule has 0 spiro atoms. The zero-order chi connectivity index (χ0) is 19.9. The van der Waals surface area contributed by atoms with Crippen LogP contribution in [0.3, 0.4) is 0 Å². The van der Waals surface area contributed by atoms with Gasteiger partial charge in [0.1, 0.15) is 5.82 Å². The van der Waals surface area contributed by atoms with Crippen LogP contribution in [0.2, 0.25) is 0 Å². The number of urea groups is 1. The third-order valence-electron chi connectivity index (χ3n) is 4.29. The molecule has 0 saturated carbocycles. The molecule has 0 unspecified atom stereocenters. The fourth-order valence-corrected chi connectivity index (χ4v) is 2.79. The molecule has 0 saturated heterocycles. The highest BCUT2D eigenvalue weighted by Crippen LogP contribution is 2.15. The largest absolute Gasteiger partial charge is 0.345 e. The summed E-state index contributed by atoms with van der Waals surface area (Å²) in [6.45, 7) is 1.02. The van der Waals surface area contributed by atoms with Gasteiger partial charge in [-0.25, -0.2) is 18.7 Å². The molecular weight excluding hydrogens is 361 g/mol. The van der Waals surface area contributed by atoms with E-state index >= 15 is 0 Å². The van der Waals surface area contributed by atoms with Crippen molar-refractivity contribution in [1.82, 2.24) is 25.0 Å². The molecule has 28 heavy (non-hydrogen) atoms. The molecule has 2 N–H and O–H groups in total. The Labute approximate surface area is 161 Å². The molecule has 0 radical (unpaired) electrons. The number of hydrogen-bond donors (Lipinski definition) is 2. The highest BCUT2D eigenvalue weighted by atomic mass is 19.1. The molecule has 146 valence electrons. The molecule has 0 aliphatic rings. The first-order valence-electron chi connectivity index (χ1n) is 9.00. The maximum absolute atomic E-state index is 13.1. The second-order valence-corrected chi connectivity index (χ2v) is 6.31. The predicted octanol–water partition coefficient (Wildman–Crippen LogP) is 1.93. The minimum atomic E-state index is -0.351. The second kappa shape index (κ2) is 8.98. The first-order chi connectivity index (χ1) is 13.5. The summed E-state index contributed by atoms with van der Waals surface area (Å²) in [6.07, 6.45) is 0.745. The van der Waals surface area contributed by atoms with Crippen LogP contribution in [0.1, 0.15) is 5.56 Å². The van der Waals surface area contributed by atoms with Crippen LogP contribution < -0.4 is 16.3 Å². The van der Waals surface area contributed by atoms with E-state index in [9.17, 15) is 14.0 Å². The standard InChI is InChI=1S/C20H22FN5O2/c1-25-18(16-7-9-17(21)10-8-16)24-26(20(25)28)14-13-23-19(27)22-12-11-15-5-3-2-4-6-15/h2-10H,11-14H2,1H3,(H2,22,23,27). The van der Waals surface area contributed by atoms with Crippen LogP contribution in [0.25, 0.3) is 11.4 Å². The average Bonchev–Trinajstić information content (AvgIpc) is 2.98. The molecule has 0 aliphatic heterocycles. The minimum Gasteiger partial charge on any atom is -0.338 e. The Morgan fingerprint density at radius 2 is 1.71 bits per heavy atom. The van der Waals surface area contributed by atoms with Crippen LogP contribution >= 0.6 is 0 Å². The van der Waals surface area contributed by atoms with E-state index < -0.39 is 0 Å². The number of nitrogens with one attached hydrogen (secondary N) is 2. The van der Waals surface area contributed by atoms with E-state index in [1.165, 1.54) is 21.4 Å². The van der Waals surface area contributed by atoms with E-state index in [2.05, 4.69) is 15.7 Å². The fourth-order valence-electron chi connectivity index (χ4n) is 2.79. The van der Waals surface area contributed by atoms with Gasteiger partial charge in [-0.3, -0.25) is 4.57 Å². The lowest BCUT2D eigenvalue weighted by atomic mass is 10.1. The van der Waals surface area contributed by atoms with Gasteiger partial charge < -0.3 is 10.6 Å². The number of benzene rings is 2. The zero-order valence-electron chi connectivity index (χ0n) is 15.6. The van der Waals surface area contributed by atoms with Crippen LogP contribution in [-0.2, 0) is 20.0 Å². The molecule has 8 heteroatoms. The Morgan fingerprint density at radius 1 is 1.04 bits per heavy atom. The van der Waals surface area contributed by atoms with Crippen molar-refractivity contribution in [1.29, 1.82) is 0 Å². The monoisotopic (exact) mass is 383 g/mol. The first-order valence-corrected chi connectivity index (χ1v) is 9.00. The number of carbonyl (C=O) groups excluding carboxylic acids is 1. The lowest BCUT2D eigenvalue weighted by Gasteiger charge is -2.07. The smallest absolute Gasteiger partial charge is 0.338 e. The van der Waals surface area contributed by atoms with Crippen molar-refractivity contribution in [2.45, 2.75) is 13.0 Å². The maximum Gasteiger partial charge on any atom is 0.345 e. The van der Waals surface area contributed by atoms with Crippen LogP contribution in [0.4, 0.5) is 9.18 Å². The summed E-state index contributed by atoms with van der Waals surface area (Å²) in [5.74, 6) is 0.0907. The zero-order valence-corrected chi connectivity index (χ0v) is 15.6. The van der Waals surface area contributed by atoms with Crippen LogP contribution in [0, 0.1) is 5.82 Å². The predicted molar refractivity (Wildman–Crippen MR) is 104 cm³/mol. The third kappa shape index (κ3) is 4.85. The molecule has 0 fully saturated rings. The van der Waals surface area contributed by atoms with Crippen LogP contribution in [-0.4, -0.2) is 33.5 Å². The Bertz CT molecular complexity index is 980. The number of rotatable bonds is 7. The summed E-state index contributed by atoms with van der Waals surface area (Å²) < 4.78 is 15.8. The highest BCUT2D eigenvalue weighted by molar-refractivity contribution is 5.73. The number of nitrogens with zero attached hydrogens (tertiary/aromatic N) is 3. The molecule has 3 rings (SSSR count). The summed E-state index contributed by atoms with van der Waals surface area (Å²) in [5, 5.41) is 9.77. The Hall–Kier alpha value is -3.42. The summed E-state index contributed by atoms with van der Waals surface area (Å²) in [4.78, 5) is 24.2. The number of halogens is 1. The lowest BCUT2D eigenvalue weighted by molar-refractivity contribution is 0.240. The van der Waals surface area contributed by atoms with Crippen molar-refractivity contribution in [2.24, 2.45) is 7.05 Å². The van der Waals surface area contributed by atoms with E-state index in [1.807, 2.05) is 30.3 Å². The normalized spacial score (nSPS) is 10.6. The Morgan fingerprint density at radius 3 is 2.43 bits per heavy atom. The number of hydrogen-bond acceptors (Lipinski definition) is 3. The van der Waals surface area contributed by atoms with Crippen molar-refractivity contribution in [3.63, 3.8) is 0 Å². The van der Waals surface area contributed by atoms with Crippen LogP contribution in [0.5, 0.6) is 0 Å². The average molecular weight is 383 g/mol. The summed E-state index contributed by atoms with van der Waals surface area (Å²) in [6, 6.07) is 15.4. The number of aromatic nitrogens is 3. The van der Waals surface area contributed by atoms with Crippen LogP contribution in [0.15, 0.2) is 59.4 Å². The molecule has 3 aromatic rings. The van der Waals surface area contributed by atoms with Crippen molar-refractivity contribution in [2.75, 3.05) is 13.1 Å². The fraction of sp³-hybridized carbons (Fsp3) is 0.250. The van der Waals surface area contributed by atoms with Gasteiger partial charge in [-0.1, -0.05) is 30.3 Å². The van der Waals surface area contributed by atoms with Crippen molar-refractivity contribution in [3.8, 4) is 11.4 Å². The van der Waals surface area contributed by atoms with Gasteiger partial charge in [0.25, 0.3) is 0 Å². The van der Waals surface area contributed by atoms with E-state index in [4.69, 9.17) is 0 Å². The first kappa shape index (κ1) is 19.3. The van der Waals surface area contributed by atoms with Crippen molar-refractivity contribution < 1.29 is 9.18 Å². The maximum atomic E-state index is 13.1. The van der Waals surface area contributed by atoms with E-state index in [1.54, 1.807) is 19.2 Å². The van der Waals surface area contributed by atoms with E-state index in [0.29, 0.717) is 17.9 Å². The molecule has 0 aliphatic carbocycles. The molecule has 2 amide bonds. The minimum absolute atomic E-state index is 0.236. The Kier molecular flexibility index (Phi) is 6.21. The van der Waals surface area contributed by atoms with Gasteiger partial charge in [-0.15, -0.1) is 5.10 Å². The van der Waals surface area contributed by atoms with Crippen molar-refractivity contribution >= 4 is 6.03 Å². The summed E-state index contributed by atoms with van der Waals surface area (Å²) in [5.41, 5.74) is 1.49. The molecule has 7 nitrogen and oxygen atoms in total. The van der Waals surface area contributed by atoms with Gasteiger partial charge >= 0.3 is 11.7 Å². The third-order valence-corrected chi connectivity index (χ3v) is 4.29. The van der Waals surface area contributed by atoms with E-state index in [0.717, 1.165) is 12.0 Å². The lowest BCUT2D eigenvalue weighted by Crippen LogP contribution is -2.39.